The summed E-state index contributed by atoms with van der Waals surface area (Å²) in [4.78, 5) is 39.0. The summed E-state index contributed by atoms with van der Waals surface area (Å²) in [5, 5.41) is 2.87. The van der Waals surface area contributed by atoms with Crippen LogP contribution in [0.15, 0.2) is 0 Å². The van der Waals surface area contributed by atoms with Crippen molar-refractivity contribution in [2.24, 2.45) is 5.92 Å². The Bertz CT molecular complexity index is 695. The summed E-state index contributed by atoms with van der Waals surface area (Å²) in [5.74, 6) is -1.05. The highest BCUT2D eigenvalue weighted by atomic mass is 32.1. The second kappa shape index (κ2) is 9.70. The van der Waals surface area contributed by atoms with Crippen molar-refractivity contribution in [2.75, 3.05) is 39.1 Å². The van der Waals surface area contributed by atoms with Crippen molar-refractivity contribution < 1.29 is 23.9 Å². The fourth-order valence-electron chi connectivity index (χ4n) is 3.17. The highest BCUT2D eigenvalue weighted by Gasteiger charge is 2.30. The lowest BCUT2D eigenvalue weighted by Gasteiger charge is -2.31. The van der Waals surface area contributed by atoms with Gasteiger partial charge in [0.1, 0.15) is 5.00 Å². The van der Waals surface area contributed by atoms with Gasteiger partial charge in [0, 0.05) is 19.2 Å². The van der Waals surface area contributed by atoms with Gasteiger partial charge in [-0.2, -0.15) is 0 Å². The second-order valence-electron chi connectivity index (χ2n) is 6.25. The molecular weight excluding hydrogens is 370 g/mol. The molecule has 3 N–H and O–H groups in total. The van der Waals surface area contributed by atoms with E-state index in [2.05, 4.69) is 10.2 Å². The van der Waals surface area contributed by atoms with Crippen LogP contribution in [0.5, 0.6) is 0 Å². The number of hydrogen-bond acceptors (Lipinski definition) is 8. The van der Waals surface area contributed by atoms with E-state index in [0.717, 1.165) is 11.3 Å². The summed E-state index contributed by atoms with van der Waals surface area (Å²) in [6.07, 6.45) is 1.37. The Hall–Kier alpha value is -2.13. The lowest BCUT2D eigenvalue weighted by Crippen LogP contribution is -2.37. The van der Waals surface area contributed by atoms with Gasteiger partial charge in [0.25, 0.3) is 5.91 Å². The average molecular weight is 397 g/mol. The Labute approximate surface area is 163 Å². The predicted octanol–water partition coefficient (Wildman–Crippen LogP) is 1.64. The molecule has 0 radical (unpaired) electrons. The number of amides is 1. The number of rotatable bonds is 7. The van der Waals surface area contributed by atoms with Crippen molar-refractivity contribution in [1.29, 1.82) is 0 Å². The standard InChI is InChI=1S/C18H27N3O5S/c1-4-25-17(23)11-6-8-21(9-7-11)10-12-13(18(24)26-5-2)15(19)27-14(12)16(22)20-3/h11H,4-10,19H2,1-3H3,(H,20,22). The van der Waals surface area contributed by atoms with Crippen molar-refractivity contribution in [3.63, 3.8) is 0 Å². The molecule has 0 unspecified atom stereocenters. The van der Waals surface area contributed by atoms with Crippen LogP contribution in [-0.4, -0.2) is 56.1 Å². The molecule has 2 heterocycles. The van der Waals surface area contributed by atoms with Crippen LogP contribution < -0.4 is 11.1 Å². The summed E-state index contributed by atoms with van der Waals surface area (Å²) in [6, 6.07) is 0. The fourth-order valence-corrected chi connectivity index (χ4v) is 4.18. The van der Waals surface area contributed by atoms with E-state index in [1.54, 1.807) is 13.8 Å². The molecule has 0 saturated carbocycles. The number of likely N-dealkylation sites (tertiary alicyclic amines) is 1. The van der Waals surface area contributed by atoms with E-state index in [-0.39, 0.29) is 35.0 Å². The van der Waals surface area contributed by atoms with Crippen LogP contribution in [0.1, 0.15) is 52.3 Å². The monoisotopic (exact) mass is 397 g/mol. The SMILES string of the molecule is CCOC(=O)c1c(N)sc(C(=O)NC)c1CN1CCC(C(=O)OCC)CC1. The Balaban J connectivity index is 2.18. The van der Waals surface area contributed by atoms with Gasteiger partial charge < -0.3 is 20.5 Å². The number of thiophene rings is 1. The van der Waals surface area contributed by atoms with Gasteiger partial charge in [0.05, 0.1) is 29.6 Å². The van der Waals surface area contributed by atoms with Gasteiger partial charge in [-0.15, -0.1) is 11.3 Å². The molecule has 27 heavy (non-hydrogen) atoms. The molecule has 1 fully saturated rings. The summed E-state index contributed by atoms with van der Waals surface area (Å²) in [5.41, 5.74) is 6.88. The van der Waals surface area contributed by atoms with Crippen LogP contribution in [0.4, 0.5) is 5.00 Å². The zero-order valence-corrected chi connectivity index (χ0v) is 16.8. The molecule has 1 amide bonds. The molecule has 0 aromatic carbocycles. The average Bonchev–Trinajstić information content (AvgIpc) is 2.98. The molecule has 2 rings (SSSR count). The molecule has 8 nitrogen and oxygen atoms in total. The predicted molar refractivity (Wildman–Crippen MR) is 103 cm³/mol. The molecule has 1 aromatic rings. The topological polar surface area (TPSA) is 111 Å². The first kappa shape index (κ1) is 21.2. The van der Waals surface area contributed by atoms with Crippen LogP contribution >= 0.6 is 11.3 Å². The number of esters is 2. The highest BCUT2D eigenvalue weighted by Crippen LogP contribution is 2.33. The summed E-state index contributed by atoms with van der Waals surface area (Å²) < 4.78 is 10.2. The third-order valence-corrected chi connectivity index (χ3v) is 5.60. The first-order chi connectivity index (χ1) is 12.9. The van der Waals surface area contributed by atoms with Gasteiger partial charge in [-0.1, -0.05) is 0 Å². The van der Waals surface area contributed by atoms with Crippen LogP contribution in [-0.2, 0) is 20.8 Å². The van der Waals surface area contributed by atoms with Crippen LogP contribution in [0.2, 0.25) is 0 Å². The maximum Gasteiger partial charge on any atom is 0.341 e. The van der Waals surface area contributed by atoms with Crippen molar-refractivity contribution >= 4 is 34.2 Å². The van der Waals surface area contributed by atoms with E-state index in [4.69, 9.17) is 15.2 Å². The number of anilines is 1. The quantitative estimate of drug-likeness (QED) is 0.673. The Morgan fingerprint density at radius 2 is 1.81 bits per heavy atom. The Morgan fingerprint density at radius 1 is 1.19 bits per heavy atom. The van der Waals surface area contributed by atoms with Crippen LogP contribution in [0.25, 0.3) is 0 Å². The molecule has 150 valence electrons. The Kier molecular flexibility index (Phi) is 7.61. The van der Waals surface area contributed by atoms with Gasteiger partial charge in [-0.05, 0) is 39.8 Å². The van der Waals surface area contributed by atoms with E-state index in [0.29, 0.717) is 49.5 Å². The van der Waals surface area contributed by atoms with Gasteiger partial charge in [0.2, 0.25) is 0 Å². The van der Waals surface area contributed by atoms with E-state index in [1.807, 2.05) is 0 Å². The molecule has 0 atom stereocenters. The van der Waals surface area contributed by atoms with Crippen molar-refractivity contribution in [2.45, 2.75) is 33.2 Å². The first-order valence-corrected chi connectivity index (χ1v) is 9.93. The zero-order chi connectivity index (χ0) is 20.0. The number of nitrogens with zero attached hydrogens (tertiary/aromatic N) is 1. The van der Waals surface area contributed by atoms with E-state index >= 15 is 0 Å². The normalized spacial score (nSPS) is 15.4. The largest absolute Gasteiger partial charge is 0.466 e. The van der Waals surface area contributed by atoms with Gasteiger partial charge >= 0.3 is 11.9 Å². The molecule has 1 aliphatic heterocycles. The number of piperidine rings is 1. The number of nitrogens with one attached hydrogen (secondary N) is 1. The minimum Gasteiger partial charge on any atom is -0.466 e. The maximum absolute atomic E-state index is 12.4. The number of ether oxygens (including phenoxy) is 2. The Morgan fingerprint density at radius 3 is 2.37 bits per heavy atom. The third kappa shape index (κ3) is 4.98. The van der Waals surface area contributed by atoms with E-state index in [1.165, 1.54) is 7.05 Å². The number of carbonyl (C=O) groups excluding carboxylic acids is 3. The minimum absolute atomic E-state index is 0.100. The van der Waals surface area contributed by atoms with E-state index in [9.17, 15) is 14.4 Å². The summed E-state index contributed by atoms with van der Waals surface area (Å²) in [7, 11) is 1.54. The summed E-state index contributed by atoms with van der Waals surface area (Å²) in [6.45, 7) is 5.88. The molecular formula is C18H27N3O5S. The summed E-state index contributed by atoms with van der Waals surface area (Å²) >= 11 is 1.09. The van der Waals surface area contributed by atoms with Crippen molar-refractivity contribution in [3.05, 3.63) is 16.0 Å². The second-order valence-corrected chi connectivity index (χ2v) is 7.30. The zero-order valence-electron chi connectivity index (χ0n) is 16.0. The van der Waals surface area contributed by atoms with Crippen LogP contribution in [0, 0.1) is 5.92 Å². The lowest BCUT2D eigenvalue weighted by atomic mass is 9.96. The molecule has 1 aliphatic rings. The smallest absolute Gasteiger partial charge is 0.341 e. The van der Waals surface area contributed by atoms with E-state index < -0.39 is 5.97 Å². The van der Waals surface area contributed by atoms with Crippen molar-refractivity contribution in [1.82, 2.24) is 10.2 Å². The highest BCUT2D eigenvalue weighted by molar-refractivity contribution is 7.18. The molecule has 9 heteroatoms. The molecule has 0 spiro atoms. The van der Waals surface area contributed by atoms with Gasteiger partial charge in [-0.3, -0.25) is 14.5 Å². The minimum atomic E-state index is -0.516. The molecule has 1 aromatic heterocycles. The van der Waals surface area contributed by atoms with Crippen LogP contribution in [0.3, 0.4) is 0 Å². The number of carbonyl (C=O) groups is 3. The number of nitrogen functional groups attached to an aromatic ring is 1. The van der Waals surface area contributed by atoms with Gasteiger partial charge in [0.15, 0.2) is 0 Å². The third-order valence-electron chi connectivity index (χ3n) is 4.54. The number of nitrogens with two attached hydrogens (primary N) is 1. The van der Waals surface area contributed by atoms with Crippen molar-refractivity contribution in [3.8, 4) is 0 Å². The number of hydrogen-bond donors (Lipinski definition) is 2. The lowest BCUT2D eigenvalue weighted by molar-refractivity contribution is -0.149. The molecule has 1 saturated heterocycles. The molecule has 0 bridgehead atoms. The van der Waals surface area contributed by atoms with Gasteiger partial charge in [-0.25, -0.2) is 4.79 Å². The molecule has 0 aliphatic carbocycles. The first-order valence-electron chi connectivity index (χ1n) is 9.12. The fraction of sp³-hybridized carbons (Fsp3) is 0.611. The maximum atomic E-state index is 12.4.